The lowest BCUT2D eigenvalue weighted by Crippen LogP contribution is -2.07. The molecule has 0 aliphatic heterocycles. The van der Waals surface area contributed by atoms with E-state index in [1.54, 1.807) is 5.56 Å². The van der Waals surface area contributed by atoms with Crippen molar-refractivity contribution in [1.82, 2.24) is 0 Å². The average Bonchev–Trinajstić information content (AvgIpc) is 2.94. The molecule has 2 unspecified atom stereocenters. The number of rotatable bonds is 18. The van der Waals surface area contributed by atoms with Gasteiger partial charge in [0.05, 0.1) is 0 Å². The summed E-state index contributed by atoms with van der Waals surface area (Å²) in [6.45, 7) is 6.92. The van der Waals surface area contributed by atoms with Gasteiger partial charge in [0.25, 0.3) is 0 Å². The normalized spacial score (nSPS) is 12.9. The molecule has 0 nitrogen and oxygen atoms in total. The molecule has 0 aliphatic carbocycles. The van der Waals surface area contributed by atoms with Crippen LogP contribution in [-0.2, 0) is 0 Å². The molecule has 0 fully saturated rings. The van der Waals surface area contributed by atoms with Crippen LogP contribution in [-0.4, -0.2) is 0 Å². The van der Waals surface area contributed by atoms with Crippen LogP contribution in [0.1, 0.15) is 143 Å². The summed E-state index contributed by atoms with van der Waals surface area (Å²) in [6.07, 6.45) is 18.7. The molecule has 0 heterocycles. The second kappa shape index (κ2) is 17.2. The first-order valence-corrected chi connectivity index (χ1v) is 15.4. The number of aryl methyl sites for hydroxylation is 1. The Hall–Kier alpha value is -2.34. The van der Waals surface area contributed by atoms with Gasteiger partial charge in [0, 0.05) is 11.8 Å². The number of hydrogen-bond acceptors (Lipinski definition) is 0. The molecule has 37 heavy (non-hydrogen) atoms. The van der Waals surface area contributed by atoms with Crippen LogP contribution in [0, 0.1) is 6.92 Å². The predicted octanol–water partition coefficient (Wildman–Crippen LogP) is 11.8. The minimum absolute atomic E-state index is 0.484. The average molecular weight is 497 g/mol. The van der Waals surface area contributed by atoms with Gasteiger partial charge in [-0.1, -0.05) is 170 Å². The minimum Gasteiger partial charge on any atom is -0.0654 e. The minimum atomic E-state index is 0.484. The standard InChI is InChI=1S/C37H52/c1-4-6-8-10-12-20-26-35(32-22-16-14-17-23-32)34-29-28-31(3)37(30-34)36(33-24-18-15-19-25-33)27-21-13-11-9-7-5-2/h14-19,22-25,28-30,35-36H,4-13,20-21,26-27H2,1-3H3. The number of hydrogen-bond donors (Lipinski definition) is 0. The van der Waals surface area contributed by atoms with Gasteiger partial charge in [-0.25, -0.2) is 0 Å². The summed E-state index contributed by atoms with van der Waals surface area (Å²) in [6, 6.07) is 29.9. The van der Waals surface area contributed by atoms with Crippen molar-refractivity contribution in [3.8, 4) is 0 Å². The highest BCUT2D eigenvalue weighted by atomic mass is 14.2. The third-order valence-electron chi connectivity index (χ3n) is 8.18. The lowest BCUT2D eigenvalue weighted by Gasteiger charge is -2.24. The molecular formula is C37H52. The van der Waals surface area contributed by atoms with Gasteiger partial charge >= 0.3 is 0 Å². The Bertz CT molecular complexity index is 971. The van der Waals surface area contributed by atoms with Gasteiger partial charge < -0.3 is 0 Å². The fourth-order valence-electron chi connectivity index (χ4n) is 5.91. The van der Waals surface area contributed by atoms with Gasteiger partial charge in [0.1, 0.15) is 0 Å². The van der Waals surface area contributed by atoms with Crippen molar-refractivity contribution in [1.29, 1.82) is 0 Å². The Morgan fingerprint density at radius 2 is 0.919 bits per heavy atom. The van der Waals surface area contributed by atoms with Crippen LogP contribution in [0.5, 0.6) is 0 Å². The molecule has 0 spiro atoms. The Kier molecular flexibility index (Phi) is 13.6. The molecule has 0 N–H and O–H groups in total. The summed E-state index contributed by atoms with van der Waals surface area (Å²) >= 11 is 0. The topological polar surface area (TPSA) is 0 Å². The van der Waals surface area contributed by atoms with Crippen LogP contribution in [0.15, 0.2) is 78.9 Å². The molecule has 3 aromatic rings. The van der Waals surface area contributed by atoms with Gasteiger partial charge in [0.2, 0.25) is 0 Å². The van der Waals surface area contributed by atoms with Crippen LogP contribution in [0.4, 0.5) is 0 Å². The Balaban J connectivity index is 1.82. The summed E-state index contributed by atoms with van der Waals surface area (Å²) < 4.78 is 0. The maximum Gasteiger partial charge on any atom is 0.00920 e. The van der Waals surface area contributed by atoms with Crippen LogP contribution in [0.2, 0.25) is 0 Å². The van der Waals surface area contributed by atoms with Crippen molar-refractivity contribution in [3.63, 3.8) is 0 Å². The van der Waals surface area contributed by atoms with E-state index in [0.717, 1.165) is 0 Å². The van der Waals surface area contributed by atoms with Crippen molar-refractivity contribution < 1.29 is 0 Å². The molecule has 2 atom stereocenters. The van der Waals surface area contributed by atoms with Gasteiger partial charge in [-0.05, 0) is 47.6 Å². The monoisotopic (exact) mass is 496 g/mol. The molecule has 0 bridgehead atoms. The van der Waals surface area contributed by atoms with E-state index in [0.29, 0.717) is 11.8 Å². The van der Waals surface area contributed by atoms with Crippen LogP contribution in [0.25, 0.3) is 0 Å². The third kappa shape index (κ3) is 9.81. The zero-order valence-electron chi connectivity index (χ0n) is 24.1. The van der Waals surface area contributed by atoms with E-state index in [9.17, 15) is 0 Å². The molecule has 0 saturated carbocycles. The molecule has 0 aliphatic rings. The summed E-state index contributed by atoms with van der Waals surface area (Å²) in [5.74, 6) is 0.968. The van der Waals surface area contributed by atoms with Crippen molar-refractivity contribution in [3.05, 3.63) is 107 Å². The maximum atomic E-state index is 2.58. The zero-order valence-corrected chi connectivity index (χ0v) is 24.1. The van der Waals surface area contributed by atoms with Gasteiger partial charge in [-0.2, -0.15) is 0 Å². The quantitative estimate of drug-likeness (QED) is 0.154. The first kappa shape index (κ1) is 29.2. The van der Waals surface area contributed by atoms with Crippen molar-refractivity contribution >= 4 is 0 Å². The molecule has 3 aromatic carbocycles. The highest BCUT2D eigenvalue weighted by Crippen LogP contribution is 2.37. The smallest absolute Gasteiger partial charge is 0.00920 e. The highest BCUT2D eigenvalue weighted by molar-refractivity contribution is 5.43. The molecular weight excluding hydrogens is 444 g/mol. The van der Waals surface area contributed by atoms with Crippen LogP contribution in [0.3, 0.4) is 0 Å². The van der Waals surface area contributed by atoms with Crippen molar-refractivity contribution in [2.75, 3.05) is 0 Å². The van der Waals surface area contributed by atoms with E-state index in [4.69, 9.17) is 0 Å². The molecule has 0 heteroatoms. The molecule has 0 saturated heterocycles. The molecule has 200 valence electrons. The van der Waals surface area contributed by atoms with Gasteiger partial charge in [-0.3, -0.25) is 0 Å². The molecule has 3 rings (SSSR count). The first-order valence-electron chi connectivity index (χ1n) is 15.4. The predicted molar refractivity (Wildman–Crippen MR) is 164 cm³/mol. The summed E-state index contributed by atoms with van der Waals surface area (Å²) in [5.41, 5.74) is 7.43. The number of benzene rings is 3. The lowest BCUT2D eigenvalue weighted by molar-refractivity contribution is 0.563. The fourth-order valence-corrected chi connectivity index (χ4v) is 5.91. The van der Waals surface area contributed by atoms with Crippen LogP contribution < -0.4 is 0 Å². The van der Waals surface area contributed by atoms with E-state index in [1.165, 1.54) is 112 Å². The zero-order chi connectivity index (χ0) is 26.1. The largest absolute Gasteiger partial charge is 0.0654 e. The first-order chi connectivity index (χ1) is 18.2. The van der Waals surface area contributed by atoms with Gasteiger partial charge in [-0.15, -0.1) is 0 Å². The fraction of sp³-hybridized carbons (Fsp3) is 0.514. The highest BCUT2D eigenvalue weighted by Gasteiger charge is 2.20. The molecule has 0 amide bonds. The Labute approximate surface area is 228 Å². The lowest BCUT2D eigenvalue weighted by atomic mass is 9.80. The molecule has 0 aromatic heterocycles. The second-order valence-corrected chi connectivity index (χ2v) is 11.2. The van der Waals surface area contributed by atoms with Crippen LogP contribution >= 0.6 is 0 Å². The summed E-state index contributed by atoms with van der Waals surface area (Å²) in [4.78, 5) is 0. The maximum absolute atomic E-state index is 2.58. The van der Waals surface area contributed by atoms with Crippen molar-refractivity contribution in [2.45, 2.75) is 122 Å². The SMILES string of the molecule is CCCCCCCCC(c1ccccc1)c1ccc(C)c(C(CCCCCCCC)c2ccccc2)c1. The van der Waals surface area contributed by atoms with E-state index in [-0.39, 0.29) is 0 Å². The summed E-state index contributed by atoms with van der Waals surface area (Å²) in [7, 11) is 0. The van der Waals surface area contributed by atoms with Crippen molar-refractivity contribution in [2.24, 2.45) is 0 Å². The van der Waals surface area contributed by atoms with E-state index in [1.807, 2.05) is 0 Å². The van der Waals surface area contributed by atoms with E-state index in [2.05, 4.69) is 99.6 Å². The Morgan fingerprint density at radius 1 is 0.459 bits per heavy atom. The number of unbranched alkanes of at least 4 members (excludes halogenated alkanes) is 10. The van der Waals surface area contributed by atoms with E-state index < -0.39 is 0 Å². The molecule has 0 radical (unpaired) electrons. The second-order valence-electron chi connectivity index (χ2n) is 11.2. The van der Waals surface area contributed by atoms with E-state index >= 15 is 0 Å². The Morgan fingerprint density at radius 3 is 1.46 bits per heavy atom. The third-order valence-corrected chi connectivity index (χ3v) is 8.18. The summed E-state index contributed by atoms with van der Waals surface area (Å²) in [5, 5.41) is 0. The van der Waals surface area contributed by atoms with Gasteiger partial charge in [0.15, 0.2) is 0 Å².